The molecule has 0 saturated carbocycles. The van der Waals surface area contributed by atoms with Crippen LogP contribution >= 0.6 is 15.6 Å². The zero-order valence-corrected chi connectivity index (χ0v) is 64.6. The van der Waals surface area contributed by atoms with Gasteiger partial charge in [0.15, 0.2) is 12.2 Å². The molecule has 96 heavy (non-hydrogen) atoms. The summed E-state index contributed by atoms with van der Waals surface area (Å²) in [7, 11) is -9.91. The Hall–Kier alpha value is -1.94. The standard InChI is InChI=1S/C77H150O17P2/c1-8-10-11-12-13-14-15-16-17-18-19-20-21-22-23-26-32-37-46-53-60-76(81)93-72(64-87-74(79)58-51-44-36-31-27-24-25-29-34-41-48-55-68(3)4)66-91-95(83,84)89-62-71(78)63-90-96(85,86)92-67-73(65-88-75(80)59-52-45-40-39-43-50-57-70(7)9-2)94-77(82)61-54-47-38-33-28-30-35-42-49-56-69(5)6/h68-73,78H,8-67H2,1-7H3,(H,83,84)(H,85,86)/t70?,71-,72-,73-/m1/s1. The van der Waals surface area contributed by atoms with Crippen molar-refractivity contribution in [2.75, 3.05) is 39.6 Å². The number of carbonyl (C=O) groups is 4. The molecule has 3 N–H and O–H groups in total. The molecule has 0 aromatic rings. The molecule has 0 aromatic carbocycles. The van der Waals surface area contributed by atoms with Crippen molar-refractivity contribution >= 4 is 39.5 Å². The largest absolute Gasteiger partial charge is 0.472 e. The van der Waals surface area contributed by atoms with Crippen LogP contribution < -0.4 is 0 Å². The molecule has 0 bridgehead atoms. The van der Waals surface area contributed by atoms with E-state index in [1.165, 1.54) is 199 Å². The lowest BCUT2D eigenvalue weighted by Crippen LogP contribution is -2.30. The molecule has 0 rings (SSSR count). The van der Waals surface area contributed by atoms with E-state index < -0.39 is 97.5 Å². The lowest BCUT2D eigenvalue weighted by atomic mass is 10.00. The van der Waals surface area contributed by atoms with Gasteiger partial charge in [0.05, 0.1) is 26.4 Å². The minimum atomic E-state index is -4.96. The molecule has 0 heterocycles. The summed E-state index contributed by atoms with van der Waals surface area (Å²) in [6, 6.07) is 0. The van der Waals surface area contributed by atoms with Crippen LogP contribution in [-0.4, -0.2) is 96.7 Å². The quantitative estimate of drug-likeness (QED) is 0.0222. The minimum absolute atomic E-state index is 0.104. The first kappa shape index (κ1) is 94.1. The van der Waals surface area contributed by atoms with E-state index in [4.69, 9.17) is 37.0 Å². The fourth-order valence-electron chi connectivity index (χ4n) is 11.7. The summed E-state index contributed by atoms with van der Waals surface area (Å²) < 4.78 is 68.5. The lowest BCUT2D eigenvalue weighted by molar-refractivity contribution is -0.161. The zero-order chi connectivity index (χ0) is 70.9. The zero-order valence-electron chi connectivity index (χ0n) is 62.8. The molecular weight excluding hydrogens is 1260 g/mol. The second kappa shape index (κ2) is 67.5. The number of aliphatic hydroxyl groups is 1. The smallest absolute Gasteiger partial charge is 0.462 e. The molecule has 0 saturated heterocycles. The monoisotopic (exact) mass is 1410 g/mol. The molecule has 0 amide bonds. The van der Waals surface area contributed by atoms with Crippen molar-refractivity contribution in [2.24, 2.45) is 17.8 Å². The first-order valence-electron chi connectivity index (χ1n) is 39.9. The molecule has 6 atom stereocenters. The number of esters is 4. The molecule has 0 fully saturated rings. The van der Waals surface area contributed by atoms with Crippen LogP contribution in [0.1, 0.15) is 395 Å². The van der Waals surface area contributed by atoms with Crippen LogP contribution in [0.4, 0.5) is 0 Å². The number of ether oxygens (including phenoxy) is 4. The molecule has 0 aromatic heterocycles. The maximum Gasteiger partial charge on any atom is 0.472 e. The van der Waals surface area contributed by atoms with Crippen LogP contribution in [0.25, 0.3) is 0 Å². The van der Waals surface area contributed by atoms with E-state index in [0.717, 1.165) is 114 Å². The van der Waals surface area contributed by atoms with Crippen LogP contribution in [0, 0.1) is 17.8 Å². The third-order valence-electron chi connectivity index (χ3n) is 18.2. The fourth-order valence-corrected chi connectivity index (χ4v) is 13.3. The fraction of sp³-hybridized carbons (Fsp3) is 0.948. The normalized spacial score (nSPS) is 14.3. The number of unbranched alkanes of at least 4 members (excludes halogenated alkanes) is 42. The van der Waals surface area contributed by atoms with Crippen molar-refractivity contribution in [2.45, 2.75) is 414 Å². The SMILES string of the molecule is CCCCCCCCCCCCCCCCCCCCCCC(=O)O[C@H](COC(=O)CCCCCCCCCCCCCC(C)C)COP(=O)(O)OC[C@@H](O)COP(=O)(O)OC[C@@H](COC(=O)CCCCCCCCC(C)CC)OC(=O)CCCCCCCCCCCC(C)C. The molecule has 3 unspecified atom stereocenters. The summed E-state index contributed by atoms with van der Waals surface area (Å²) in [5.41, 5.74) is 0. The number of hydrogen-bond acceptors (Lipinski definition) is 15. The molecule has 0 aliphatic rings. The number of hydrogen-bond donors (Lipinski definition) is 3. The Morgan fingerprint density at radius 3 is 0.792 bits per heavy atom. The third-order valence-corrected chi connectivity index (χ3v) is 20.1. The van der Waals surface area contributed by atoms with Gasteiger partial charge in [-0.15, -0.1) is 0 Å². The number of aliphatic hydroxyl groups excluding tert-OH is 1. The van der Waals surface area contributed by atoms with Gasteiger partial charge in [-0.05, 0) is 43.4 Å². The van der Waals surface area contributed by atoms with Crippen molar-refractivity contribution in [3.05, 3.63) is 0 Å². The first-order chi connectivity index (χ1) is 46.3. The van der Waals surface area contributed by atoms with Crippen molar-refractivity contribution in [3.63, 3.8) is 0 Å². The summed E-state index contributed by atoms with van der Waals surface area (Å²) >= 11 is 0. The highest BCUT2D eigenvalue weighted by Crippen LogP contribution is 2.45. The molecule has 570 valence electrons. The molecule has 0 spiro atoms. The molecule has 0 aliphatic heterocycles. The van der Waals surface area contributed by atoms with Crippen LogP contribution in [0.3, 0.4) is 0 Å². The van der Waals surface area contributed by atoms with E-state index in [9.17, 15) is 43.2 Å². The van der Waals surface area contributed by atoms with E-state index in [1.54, 1.807) is 0 Å². The van der Waals surface area contributed by atoms with Gasteiger partial charge in [0, 0.05) is 25.7 Å². The Morgan fingerprint density at radius 1 is 0.302 bits per heavy atom. The average molecular weight is 1410 g/mol. The van der Waals surface area contributed by atoms with Crippen molar-refractivity contribution in [1.29, 1.82) is 0 Å². The van der Waals surface area contributed by atoms with Gasteiger partial charge in [0.1, 0.15) is 19.3 Å². The Labute approximate surface area is 588 Å². The first-order valence-corrected chi connectivity index (χ1v) is 42.9. The minimum Gasteiger partial charge on any atom is -0.462 e. The van der Waals surface area contributed by atoms with Crippen molar-refractivity contribution in [1.82, 2.24) is 0 Å². The van der Waals surface area contributed by atoms with Gasteiger partial charge >= 0.3 is 39.5 Å². The number of phosphoric ester groups is 2. The van der Waals surface area contributed by atoms with Gasteiger partial charge in [0.2, 0.25) is 0 Å². The van der Waals surface area contributed by atoms with Crippen molar-refractivity contribution in [3.8, 4) is 0 Å². The van der Waals surface area contributed by atoms with Crippen LogP contribution in [0.5, 0.6) is 0 Å². The molecule has 19 heteroatoms. The summed E-state index contributed by atoms with van der Waals surface area (Å²) in [5.74, 6) is 0.119. The average Bonchev–Trinajstić information content (AvgIpc) is 1.37. The topological polar surface area (TPSA) is 237 Å². The predicted octanol–water partition coefficient (Wildman–Crippen LogP) is 22.6. The van der Waals surface area contributed by atoms with Gasteiger partial charge in [-0.25, -0.2) is 9.13 Å². The van der Waals surface area contributed by atoms with Gasteiger partial charge in [-0.1, -0.05) is 344 Å². The predicted molar refractivity (Wildman–Crippen MR) is 391 cm³/mol. The summed E-state index contributed by atoms with van der Waals surface area (Å²) in [5, 5.41) is 10.6. The molecule has 0 aliphatic carbocycles. The summed E-state index contributed by atoms with van der Waals surface area (Å²) in [6.07, 6.45) is 54.2. The van der Waals surface area contributed by atoms with Crippen LogP contribution in [0.15, 0.2) is 0 Å². The van der Waals surface area contributed by atoms with E-state index in [1.807, 2.05) is 0 Å². The van der Waals surface area contributed by atoms with Gasteiger partial charge in [-0.2, -0.15) is 0 Å². The Kier molecular flexibility index (Phi) is 66.2. The molecular formula is C77H150O17P2. The van der Waals surface area contributed by atoms with E-state index in [0.29, 0.717) is 25.7 Å². The summed E-state index contributed by atoms with van der Waals surface area (Å²) in [6.45, 7) is 11.8. The number of carbonyl (C=O) groups excluding carboxylic acids is 4. The Bertz CT molecular complexity index is 1870. The lowest BCUT2D eigenvalue weighted by Gasteiger charge is -2.21. The van der Waals surface area contributed by atoms with E-state index >= 15 is 0 Å². The van der Waals surface area contributed by atoms with Crippen LogP contribution in [-0.2, 0) is 65.4 Å². The second-order valence-electron chi connectivity index (χ2n) is 28.9. The Balaban J connectivity index is 5.23. The van der Waals surface area contributed by atoms with Crippen LogP contribution in [0.2, 0.25) is 0 Å². The van der Waals surface area contributed by atoms with Crippen molar-refractivity contribution < 1.29 is 80.2 Å². The van der Waals surface area contributed by atoms with E-state index in [2.05, 4.69) is 48.5 Å². The highest BCUT2D eigenvalue weighted by Gasteiger charge is 2.30. The number of phosphoric acid groups is 2. The maximum atomic E-state index is 13.1. The van der Waals surface area contributed by atoms with E-state index in [-0.39, 0.29) is 25.7 Å². The number of rotatable bonds is 75. The maximum absolute atomic E-state index is 13.1. The second-order valence-corrected chi connectivity index (χ2v) is 31.8. The van der Waals surface area contributed by atoms with Gasteiger partial charge < -0.3 is 33.8 Å². The molecule has 0 radical (unpaired) electrons. The third kappa shape index (κ3) is 69.2. The Morgan fingerprint density at radius 2 is 0.531 bits per heavy atom. The summed E-state index contributed by atoms with van der Waals surface area (Å²) in [4.78, 5) is 72.8. The van der Waals surface area contributed by atoms with Gasteiger partial charge in [-0.3, -0.25) is 37.3 Å². The van der Waals surface area contributed by atoms with Gasteiger partial charge in [0.25, 0.3) is 0 Å². The highest BCUT2D eigenvalue weighted by molar-refractivity contribution is 7.47. The molecule has 17 nitrogen and oxygen atoms in total. The highest BCUT2D eigenvalue weighted by atomic mass is 31.2.